The number of hydrogen-bond acceptors (Lipinski definition) is 1. The van der Waals surface area contributed by atoms with E-state index in [4.69, 9.17) is 4.42 Å². The predicted octanol–water partition coefficient (Wildman–Crippen LogP) is 12.8. The van der Waals surface area contributed by atoms with Gasteiger partial charge in [-0.1, -0.05) is 140 Å². The van der Waals surface area contributed by atoms with Crippen LogP contribution in [0.1, 0.15) is 11.1 Å². The standard InChI is InChI=1S/C47H31NO/c1-2-11-38(12-3-1)48-43-16-7-6-14-40(43)42-30-36(25-27-44(42)48)34-23-21-33(22-24-34)32-19-17-31(18-20-32)29-37-10-8-15-41-46-39-13-5-4-9-35(39)26-28-45(46)49-47(37)41/h1-28,30H,29H2. The summed E-state index contributed by atoms with van der Waals surface area (Å²) in [5, 5.41) is 7.39. The number of hydrogen-bond donors (Lipinski definition) is 0. The van der Waals surface area contributed by atoms with Gasteiger partial charge in [-0.3, -0.25) is 0 Å². The summed E-state index contributed by atoms with van der Waals surface area (Å²) in [5.41, 5.74) is 12.9. The van der Waals surface area contributed by atoms with Gasteiger partial charge >= 0.3 is 0 Å². The number of para-hydroxylation sites is 3. The molecule has 0 aliphatic heterocycles. The molecule has 2 heteroatoms. The third kappa shape index (κ3) is 4.57. The van der Waals surface area contributed by atoms with Crippen LogP contribution in [0.3, 0.4) is 0 Å². The summed E-state index contributed by atoms with van der Waals surface area (Å²) < 4.78 is 8.83. The third-order valence-corrected chi connectivity index (χ3v) is 10.1. The fraction of sp³-hybridized carbons (Fsp3) is 0.0213. The Balaban J connectivity index is 0.939. The molecule has 0 aliphatic carbocycles. The summed E-state index contributed by atoms with van der Waals surface area (Å²) in [6.07, 6.45) is 0.817. The Morgan fingerprint density at radius 1 is 0.429 bits per heavy atom. The number of aromatic nitrogens is 1. The van der Waals surface area contributed by atoms with Crippen LogP contribution in [0.25, 0.3) is 82.5 Å². The number of nitrogens with zero attached hydrogens (tertiary/aromatic N) is 1. The Morgan fingerprint density at radius 2 is 1.06 bits per heavy atom. The smallest absolute Gasteiger partial charge is 0.138 e. The molecule has 0 spiro atoms. The third-order valence-electron chi connectivity index (χ3n) is 10.1. The second kappa shape index (κ2) is 11.1. The maximum absolute atomic E-state index is 6.47. The number of fused-ring (bicyclic) bond motifs is 8. The lowest BCUT2D eigenvalue weighted by atomic mass is 9.97. The molecule has 0 bridgehead atoms. The fourth-order valence-corrected chi connectivity index (χ4v) is 7.66. The van der Waals surface area contributed by atoms with E-state index < -0.39 is 0 Å². The lowest BCUT2D eigenvalue weighted by Gasteiger charge is -2.09. The van der Waals surface area contributed by atoms with Crippen LogP contribution in [0.2, 0.25) is 0 Å². The largest absolute Gasteiger partial charge is 0.456 e. The molecular weight excluding hydrogens is 595 g/mol. The minimum Gasteiger partial charge on any atom is -0.456 e. The van der Waals surface area contributed by atoms with Gasteiger partial charge in [0, 0.05) is 33.7 Å². The Bertz CT molecular complexity index is 2820. The van der Waals surface area contributed by atoms with Crippen LogP contribution in [-0.4, -0.2) is 4.57 Å². The topological polar surface area (TPSA) is 18.1 Å². The average molecular weight is 626 g/mol. The van der Waals surface area contributed by atoms with Crippen molar-refractivity contribution < 1.29 is 4.42 Å². The monoisotopic (exact) mass is 625 g/mol. The summed E-state index contributed by atoms with van der Waals surface area (Å²) in [7, 11) is 0. The summed E-state index contributed by atoms with van der Waals surface area (Å²) in [5.74, 6) is 0. The van der Waals surface area contributed by atoms with Crippen molar-refractivity contribution in [2.75, 3.05) is 0 Å². The van der Waals surface area contributed by atoms with Crippen molar-refractivity contribution in [2.24, 2.45) is 0 Å². The second-order valence-corrected chi connectivity index (χ2v) is 12.9. The molecule has 10 aromatic rings. The maximum Gasteiger partial charge on any atom is 0.138 e. The van der Waals surface area contributed by atoms with Crippen LogP contribution >= 0.6 is 0 Å². The fourth-order valence-electron chi connectivity index (χ4n) is 7.66. The predicted molar refractivity (Wildman–Crippen MR) is 206 cm³/mol. The van der Waals surface area contributed by atoms with E-state index in [0.29, 0.717) is 0 Å². The highest BCUT2D eigenvalue weighted by molar-refractivity contribution is 6.19. The van der Waals surface area contributed by atoms with Crippen molar-refractivity contribution in [3.63, 3.8) is 0 Å². The van der Waals surface area contributed by atoms with Gasteiger partial charge in [0.25, 0.3) is 0 Å². The number of furan rings is 1. The van der Waals surface area contributed by atoms with Crippen LogP contribution in [0, 0.1) is 0 Å². The number of rotatable bonds is 5. The zero-order chi connectivity index (χ0) is 32.3. The van der Waals surface area contributed by atoms with Crippen LogP contribution in [0.4, 0.5) is 0 Å². The molecule has 0 aliphatic rings. The normalized spacial score (nSPS) is 11.8. The molecule has 0 unspecified atom stereocenters. The van der Waals surface area contributed by atoms with Gasteiger partial charge in [-0.2, -0.15) is 0 Å². The van der Waals surface area contributed by atoms with E-state index in [9.17, 15) is 0 Å². The average Bonchev–Trinajstić information content (AvgIpc) is 3.72. The molecule has 10 rings (SSSR count). The Kier molecular flexibility index (Phi) is 6.28. The van der Waals surface area contributed by atoms with E-state index in [1.165, 1.54) is 82.4 Å². The quantitative estimate of drug-likeness (QED) is 0.186. The highest BCUT2D eigenvalue weighted by Crippen LogP contribution is 2.38. The van der Waals surface area contributed by atoms with E-state index >= 15 is 0 Å². The molecule has 2 nitrogen and oxygen atoms in total. The van der Waals surface area contributed by atoms with Crippen LogP contribution in [0.5, 0.6) is 0 Å². The second-order valence-electron chi connectivity index (χ2n) is 12.9. The van der Waals surface area contributed by atoms with Crippen LogP contribution in [-0.2, 0) is 6.42 Å². The zero-order valence-corrected chi connectivity index (χ0v) is 26.8. The Labute approximate surface area is 284 Å². The lowest BCUT2D eigenvalue weighted by Crippen LogP contribution is -1.92. The molecule has 0 amide bonds. The van der Waals surface area contributed by atoms with Crippen LogP contribution in [0.15, 0.2) is 180 Å². The first kappa shape index (κ1) is 27.7. The van der Waals surface area contributed by atoms with Crippen molar-refractivity contribution in [1.29, 1.82) is 0 Å². The van der Waals surface area contributed by atoms with Gasteiger partial charge in [-0.05, 0) is 80.6 Å². The summed E-state index contributed by atoms with van der Waals surface area (Å²) >= 11 is 0. The van der Waals surface area contributed by atoms with Gasteiger partial charge in [0.2, 0.25) is 0 Å². The van der Waals surface area contributed by atoms with E-state index in [-0.39, 0.29) is 0 Å². The molecular formula is C47H31NO. The summed E-state index contributed by atoms with van der Waals surface area (Å²) in [6.45, 7) is 0. The minimum atomic E-state index is 0.817. The first-order valence-corrected chi connectivity index (χ1v) is 16.9. The first-order chi connectivity index (χ1) is 24.3. The van der Waals surface area contributed by atoms with Gasteiger partial charge in [-0.25, -0.2) is 0 Å². The molecule has 49 heavy (non-hydrogen) atoms. The minimum absolute atomic E-state index is 0.817. The van der Waals surface area contributed by atoms with E-state index in [2.05, 4.69) is 180 Å². The molecule has 0 N–H and O–H groups in total. The molecule has 230 valence electrons. The SMILES string of the molecule is c1ccc(-n2c3ccccc3c3cc(-c4ccc(-c5ccc(Cc6cccc7c6oc6ccc8ccccc8c67)cc5)cc4)ccc32)cc1. The van der Waals surface area contributed by atoms with Crippen molar-refractivity contribution in [3.8, 4) is 27.9 Å². The van der Waals surface area contributed by atoms with Gasteiger partial charge in [0.05, 0.1) is 11.0 Å². The van der Waals surface area contributed by atoms with Crippen molar-refractivity contribution in [1.82, 2.24) is 4.57 Å². The molecule has 0 saturated heterocycles. The van der Waals surface area contributed by atoms with Crippen molar-refractivity contribution in [3.05, 3.63) is 187 Å². The molecule has 8 aromatic carbocycles. The van der Waals surface area contributed by atoms with E-state index in [1.807, 2.05) is 0 Å². The van der Waals surface area contributed by atoms with Crippen LogP contribution < -0.4 is 0 Å². The highest BCUT2D eigenvalue weighted by atomic mass is 16.3. The molecule has 0 radical (unpaired) electrons. The Morgan fingerprint density at radius 3 is 1.88 bits per heavy atom. The van der Waals surface area contributed by atoms with E-state index in [1.54, 1.807) is 0 Å². The summed E-state index contributed by atoms with van der Waals surface area (Å²) in [6, 6.07) is 63.4. The number of benzene rings is 8. The Hall–Kier alpha value is -6.38. The van der Waals surface area contributed by atoms with Gasteiger partial charge < -0.3 is 8.98 Å². The lowest BCUT2D eigenvalue weighted by molar-refractivity contribution is 0.664. The van der Waals surface area contributed by atoms with Crippen molar-refractivity contribution in [2.45, 2.75) is 6.42 Å². The molecule has 0 saturated carbocycles. The summed E-state index contributed by atoms with van der Waals surface area (Å²) in [4.78, 5) is 0. The van der Waals surface area contributed by atoms with E-state index in [0.717, 1.165) is 17.6 Å². The first-order valence-electron chi connectivity index (χ1n) is 16.9. The van der Waals surface area contributed by atoms with Gasteiger partial charge in [0.15, 0.2) is 0 Å². The molecule has 2 heterocycles. The van der Waals surface area contributed by atoms with Crippen molar-refractivity contribution >= 4 is 54.5 Å². The highest BCUT2D eigenvalue weighted by Gasteiger charge is 2.15. The van der Waals surface area contributed by atoms with Gasteiger partial charge in [0.1, 0.15) is 11.2 Å². The van der Waals surface area contributed by atoms with Gasteiger partial charge in [-0.15, -0.1) is 0 Å². The molecule has 2 aromatic heterocycles. The zero-order valence-electron chi connectivity index (χ0n) is 26.8. The molecule has 0 atom stereocenters. The maximum atomic E-state index is 6.47. The molecule has 0 fully saturated rings.